The van der Waals surface area contributed by atoms with Gasteiger partial charge in [-0.2, -0.15) is 0 Å². The number of aliphatic hydroxyl groups excluding tert-OH is 2. The van der Waals surface area contributed by atoms with Crippen LogP contribution in [0.1, 0.15) is 31.7 Å². The summed E-state index contributed by atoms with van der Waals surface area (Å²) in [7, 11) is 1.83. The van der Waals surface area contributed by atoms with Gasteiger partial charge in [-0.1, -0.05) is 37.3 Å². The van der Waals surface area contributed by atoms with E-state index in [1.807, 2.05) is 30.1 Å². The van der Waals surface area contributed by atoms with E-state index in [1.165, 1.54) is 0 Å². The van der Waals surface area contributed by atoms with E-state index in [1.54, 1.807) is 6.92 Å². The molecule has 0 aliphatic heterocycles. The van der Waals surface area contributed by atoms with Crippen molar-refractivity contribution in [1.82, 2.24) is 10.2 Å². The summed E-state index contributed by atoms with van der Waals surface area (Å²) in [6.07, 6.45) is 3.06. The van der Waals surface area contributed by atoms with Crippen LogP contribution in [0.2, 0.25) is 0 Å². The average molecular weight is 320 g/mol. The molecule has 0 unspecified atom stereocenters. The Bertz CT molecular complexity index is 510. The first-order valence-corrected chi connectivity index (χ1v) is 8.20. The summed E-state index contributed by atoms with van der Waals surface area (Å²) in [6.45, 7) is 2.31. The monoisotopic (exact) mass is 320 g/mol. The summed E-state index contributed by atoms with van der Waals surface area (Å²) in [5, 5.41) is 21.9. The van der Waals surface area contributed by atoms with Crippen LogP contribution in [-0.4, -0.2) is 54.4 Å². The van der Waals surface area contributed by atoms with Crippen LogP contribution in [0.25, 0.3) is 0 Å². The molecule has 0 aromatic heterocycles. The normalized spacial score (nSPS) is 16.9. The standard InChI is InChI=1S/C18H28N2O3/c1-17(13-21,14-22)12-20(2)11-16(23)19-18(9-6-10-18)15-7-4-3-5-8-15/h3-5,7-8,21-22H,6,9-14H2,1-2H3,(H,19,23). The number of benzene rings is 1. The quantitative estimate of drug-likeness (QED) is 0.671. The maximum absolute atomic E-state index is 12.4. The summed E-state index contributed by atoms with van der Waals surface area (Å²) in [4.78, 5) is 14.3. The molecule has 0 atom stereocenters. The van der Waals surface area contributed by atoms with Crippen LogP contribution < -0.4 is 5.32 Å². The van der Waals surface area contributed by atoms with Crippen LogP contribution in [0.3, 0.4) is 0 Å². The number of carbonyl (C=O) groups is 1. The Balaban J connectivity index is 1.93. The number of nitrogens with zero attached hydrogens (tertiary/aromatic N) is 1. The van der Waals surface area contributed by atoms with Crippen molar-refractivity contribution in [3.8, 4) is 0 Å². The van der Waals surface area contributed by atoms with Gasteiger partial charge >= 0.3 is 0 Å². The molecule has 2 rings (SSSR count). The fourth-order valence-electron chi connectivity index (χ4n) is 3.18. The first-order chi connectivity index (χ1) is 10.9. The van der Waals surface area contributed by atoms with E-state index >= 15 is 0 Å². The van der Waals surface area contributed by atoms with Gasteiger partial charge in [0.15, 0.2) is 0 Å². The van der Waals surface area contributed by atoms with Crippen LogP contribution in [0.15, 0.2) is 30.3 Å². The maximum Gasteiger partial charge on any atom is 0.234 e. The Hall–Kier alpha value is -1.43. The van der Waals surface area contributed by atoms with E-state index in [2.05, 4.69) is 17.4 Å². The zero-order chi connectivity index (χ0) is 16.9. The maximum atomic E-state index is 12.4. The van der Waals surface area contributed by atoms with E-state index in [0.717, 1.165) is 24.8 Å². The van der Waals surface area contributed by atoms with E-state index in [-0.39, 0.29) is 31.2 Å². The number of hydrogen-bond acceptors (Lipinski definition) is 4. The highest BCUT2D eigenvalue weighted by Crippen LogP contribution is 2.41. The van der Waals surface area contributed by atoms with Gasteiger partial charge in [-0.15, -0.1) is 0 Å². The minimum absolute atomic E-state index is 0.0192. The predicted molar refractivity (Wildman–Crippen MR) is 89.9 cm³/mol. The topological polar surface area (TPSA) is 72.8 Å². The molecule has 0 heterocycles. The molecule has 1 fully saturated rings. The van der Waals surface area contributed by atoms with Gasteiger partial charge in [0.1, 0.15) is 0 Å². The molecule has 1 amide bonds. The number of likely N-dealkylation sites (N-methyl/N-ethyl adjacent to an activating group) is 1. The van der Waals surface area contributed by atoms with Crippen molar-refractivity contribution in [3.05, 3.63) is 35.9 Å². The third-order valence-electron chi connectivity index (χ3n) is 4.74. The van der Waals surface area contributed by atoms with Crippen LogP contribution in [0, 0.1) is 5.41 Å². The Morgan fingerprint density at radius 1 is 1.26 bits per heavy atom. The lowest BCUT2D eigenvalue weighted by Gasteiger charge is -2.43. The lowest BCUT2D eigenvalue weighted by molar-refractivity contribution is -0.125. The summed E-state index contributed by atoms with van der Waals surface area (Å²) in [6, 6.07) is 10.1. The molecule has 0 bridgehead atoms. The second kappa shape index (κ2) is 7.43. The third-order valence-corrected chi connectivity index (χ3v) is 4.74. The second-order valence-electron chi connectivity index (χ2n) is 7.15. The van der Waals surface area contributed by atoms with Gasteiger partial charge in [0.2, 0.25) is 5.91 Å². The summed E-state index contributed by atoms with van der Waals surface area (Å²) in [5.41, 5.74) is 0.344. The smallest absolute Gasteiger partial charge is 0.234 e. The summed E-state index contributed by atoms with van der Waals surface area (Å²) < 4.78 is 0. The number of amides is 1. The molecule has 128 valence electrons. The number of rotatable bonds is 8. The van der Waals surface area contributed by atoms with Crippen molar-refractivity contribution in [2.24, 2.45) is 5.41 Å². The Morgan fingerprint density at radius 2 is 1.87 bits per heavy atom. The van der Waals surface area contributed by atoms with Crippen LogP contribution in [0.4, 0.5) is 0 Å². The van der Waals surface area contributed by atoms with Crippen LogP contribution in [0.5, 0.6) is 0 Å². The molecule has 5 heteroatoms. The highest BCUT2D eigenvalue weighted by molar-refractivity contribution is 5.79. The molecular weight excluding hydrogens is 292 g/mol. The second-order valence-corrected chi connectivity index (χ2v) is 7.15. The Kier molecular flexibility index (Phi) is 5.79. The largest absolute Gasteiger partial charge is 0.396 e. The van der Waals surface area contributed by atoms with Gasteiger partial charge < -0.3 is 15.5 Å². The number of carbonyl (C=O) groups excluding carboxylic acids is 1. The molecule has 23 heavy (non-hydrogen) atoms. The first kappa shape index (κ1) is 17.9. The van der Waals surface area contributed by atoms with Crippen molar-refractivity contribution < 1.29 is 15.0 Å². The molecule has 1 aromatic rings. The first-order valence-electron chi connectivity index (χ1n) is 8.20. The highest BCUT2D eigenvalue weighted by atomic mass is 16.3. The highest BCUT2D eigenvalue weighted by Gasteiger charge is 2.40. The Labute approximate surface area is 138 Å². The van der Waals surface area contributed by atoms with Gasteiger partial charge in [-0.3, -0.25) is 9.69 Å². The number of nitrogens with one attached hydrogen (secondary N) is 1. The lowest BCUT2D eigenvalue weighted by atomic mass is 9.72. The molecule has 5 nitrogen and oxygen atoms in total. The van der Waals surface area contributed by atoms with Gasteiger partial charge in [0.05, 0.1) is 25.3 Å². The number of hydrogen-bond donors (Lipinski definition) is 3. The Morgan fingerprint density at radius 3 is 2.35 bits per heavy atom. The molecule has 1 aliphatic carbocycles. The van der Waals surface area contributed by atoms with Crippen molar-refractivity contribution in [1.29, 1.82) is 0 Å². The molecule has 3 N–H and O–H groups in total. The fourth-order valence-corrected chi connectivity index (χ4v) is 3.18. The zero-order valence-corrected chi connectivity index (χ0v) is 14.1. The predicted octanol–water partition coefficient (Wildman–Crippen LogP) is 1.10. The number of aliphatic hydroxyl groups is 2. The van der Waals surface area contributed by atoms with E-state index in [4.69, 9.17) is 0 Å². The van der Waals surface area contributed by atoms with E-state index in [9.17, 15) is 15.0 Å². The van der Waals surface area contributed by atoms with Crippen molar-refractivity contribution in [2.45, 2.75) is 31.7 Å². The van der Waals surface area contributed by atoms with Crippen molar-refractivity contribution >= 4 is 5.91 Å². The fraction of sp³-hybridized carbons (Fsp3) is 0.611. The summed E-state index contributed by atoms with van der Waals surface area (Å²) >= 11 is 0. The zero-order valence-electron chi connectivity index (χ0n) is 14.1. The molecule has 0 spiro atoms. The van der Waals surface area contributed by atoms with E-state index in [0.29, 0.717) is 6.54 Å². The van der Waals surface area contributed by atoms with Crippen LogP contribution in [-0.2, 0) is 10.3 Å². The van der Waals surface area contributed by atoms with E-state index < -0.39 is 5.41 Å². The third kappa shape index (κ3) is 4.31. The lowest BCUT2D eigenvalue weighted by Crippen LogP contribution is -2.53. The van der Waals surface area contributed by atoms with Gasteiger partial charge in [0.25, 0.3) is 0 Å². The van der Waals surface area contributed by atoms with Gasteiger partial charge in [0, 0.05) is 12.0 Å². The molecular formula is C18H28N2O3. The molecule has 1 aliphatic rings. The van der Waals surface area contributed by atoms with Crippen molar-refractivity contribution in [3.63, 3.8) is 0 Å². The minimum atomic E-state index is -0.595. The molecule has 0 saturated heterocycles. The summed E-state index contributed by atoms with van der Waals surface area (Å²) in [5.74, 6) is -0.0192. The molecule has 1 saturated carbocycles. The van der Waals surface area contributed by atoms with Gasteiger partial charge in [-0.05, 0) is 31.9 Å². The molecule has 1 aromatic carbocycles. The SMILES string of the molecule is CN(CC(=O)NC1(c2ccccc2)CCC1)CC(C)(CO)CO. The molecule has 0 radical (unpaired) electrons. The average Bonchev–Trinajstić information content (AvgIpc) is 2.51. The minimum Gasteiger partial charge on any atom is -0.396 e. The van der Waals surface area contributed by atoms with Crippen molar-refractivity contribution in [2.75, 3.05) is 33.4 Å². The van der Waals surface area contributed by atoms with Gasteiger partial charge in [-0.25, -0.2) is 0 Å². The van der Waals surface area contributed by atoms with Crippen LogP contribution >= 0.6 is 0 Å².